The first kappa shape index (κ1) is 8.99. The highest BCUT2D eigenvalue weighted by Crippen LogP contribution is 2.21. The molecule has 0 saturated carbocycles. The summed E-state index contributed by atoms with van der Waals surface area (Å²) in [6.07, 6.45) is 0. The summed E-state index contributed by atoms with van der Waals surface area (Å²) in [4.78, 5) is 0. The minimum atomic E-state index is -1.08. The normalized spacial score (nSPS) is 10.9. The van der Waals surface area contributed by atoms with E-state index in [0.717, 1.165) is 24.3 Å². The van der Waals surface area contributed by atoms with Crippen molar-refractivity contribution in [1.29, 1.82) is 0 Å². The molecule has 2 rings (SSSR count). The van der Waals surface area contributed by atoms with Gasteiger partial charge in [-0.2, -0.15) is 0 Å². The van der Waals surface area contributed by atoms with Crippen LogP contribution >= 0.6 is 0 Å². The molecule has 2 aromatic rings. The highest BCUT2D eigenvalue weighted by Gasteiger charge is 2.08. The second kappa shape index (κ2) is 2.97. The summed E-state index contributed by atoms with van der Waals surface area (Å²) in [6, 6.07) is 3.31. The SMILES string of the molecule is Fc1cc2cc(F)c(F)cc2cc1F. The van der Waals surface area contributed by atoms with Crippen LogP contribution in [0.5, 0.6) is 0 Å². The van der Waals surface area contributed by atoms with Crippen molar-refractivity contribution in [2.24, 2.45) is 0 Å². The Labute approximate surface area is 76.8 Å². The summed E-state index contributed by atoms with van der Waals surface area (Å²) in [5, 5.41) is 0.255. The maximum atomic E-state index is 12.7. The first-order valence-electron chi connectivity index (χ1n) is 3.82. The van der Waals surface area contributed by atoms with Crippen LogP contribution in [0, 0.1) is 23.3 Å². The van der Waals surface area contributed by atoms with Crippen molar-refractivity contribution in [2.75, 3.05) is 0 Å². The first-order chi connectivity index (χ1) is 6.58. The van der Waals surface area contributed by atoms with Crippen molar-refractivity contribution < 1.29 is 17.6 Å². The smallest absolute Gasteiger partial charge is 0.159 e. The van der Waals surface area contributed by atoms with Crippen LogP contribution in [0.2, 0.25) is 0 Å². The van der Waals surface area contributed by atoms with Gasteiger partial charge in [-0.25, -0.2) is 17.6 Å². The third-order valence-corrected chi connectivity index (χ3v) is 1.92. The van der Waals surface area contributed by atoms with E-state index >= 15 is 0 Å². The van der Waals surface area contributed by atoms with Gasteiger partial charge in [0.25, 0.3) is 0 Å². The van der Waals surface area contributed by atoms with Crippen LogP contribution in [-0.2, 0) is 0 Å². The van der Waals surface area contributed by atoms with E-state index in [1.165, 1.54) is 0 Å². The van der Waals surface area contributed by atoms with Gasteiger partial charge in [-0.05, 0) is 35.0 Å². The summed E-state index contributed by atoms with van der Waals surface area (Å²) < 4.78 is 50.8. The Morgan fingerprint density at radius 2 is 0.714 bits per heavy atom. The lowest BCUT2D eigenvalue weighted by Crippen LogP contribution is -1.88. The minimum Gasteiger partial charge on any atom is -0.204 e. The van der Waals surface area contributed by atoms with Gasteiger partial charge in [0, 0.05) is 0 Å². The first-order valence-corrected chi connectivity index (χ1v) is 3.82. The van der Waals surface area contributed by atoms with Gasteiger partial charge < -0.3 is 0 Å². The van der Waals surface area contributed by atoms with Crippen LogP contribution in [0.25, 0.3) is 10.8 Å². The Morgan fingerprint density at radius 3 is 0.929 bits per heavy atom. The average Bonchev–Trinajstić information content (AvgIpc) is 2.11. The van der Waals surface area contributed by atoms with Gasteiger partial charge in [-0.3, -0.25) is 0 Å². The van der Waals surface area contributed by atoms with Crippen molar-refractivity contribution in [3.63, 3.8) is 0 Å². The van der Waals surface area contributed by atoms with Crippen molar-refractivity contribution in [3.05, 3.63) is 47.5 Å². The lowest BCUT2D eigenvalue weighted by molar-refractivity contribution is 0.505. The number of rotatable bonds is 0. The van der Waals surface area contributed by atoms with Crippen LogP contribution in [0.15, 0.2) is 24.3 Å². The van der Waals surface area contributed by atoms with E-state index in [1.54, 1.807) is 0 Å². The highest BCUT2D eigenvalue weighted by atomic mass is 19.2. The van der Waals surface area contributed by atoms with E-state index in [2.05, 4.69) is 0 Å². The van der Waals surface area contributed by atoms with E-state index in [0.29, 0.717) is 0 Å². The van der Waals surface area contributed by atoms with Crippen LogP contribution in [0.1, 0.15) is 0 Å². The zero-order valence-electron chi connectivity index (χ0n) is 6.82. The molecule has 0 bridgehead atoms. The van der Waals surface area contributed by atoms with Crippen LogP contribution in [0.4, 0.5) is 17.6 Å². The van der Waals surface area contributed by atoms with Gasteiger partial charge in [0.1, 0.15) is 0 Å². The number of fused-ring (bicyclic) bond motifs is 1. The summed E-state index contributed by atoms with van der Waals surface area (Å²) >= 11 is 0. The van der Waals surface area contributed by atoms with Gasteiger partial charge in [-0.1, -0.05) is 0 Å². The summed E-state index contributed by atoms with van der Waals surface area (Å²) in [5.41, 5.74) is 0. The lowest BCUT2D eigenvalue weighted by Gasteiger charge is -2.00. The van der Waals surface area contributed by atoms with Crippen LogP contribution in [0.3, 0.4) is 0 Å². The fourth-order valence-electron chi connectivity index (χ4n) is 1.24. The summed E-state index contributed by atoms with van der Waals surface area (Å²) in [7, 11) is 0. The van der Waals surface area contributed by atoms with E-state index in [4.69, 9.17) is 0 Å². The predicted octanol–water partition coefficient (Wildman–Crippen LogP) is 3.40. The Bertz CT molecular complexity index is 416. The molecule has 0 radical (unpaired) electrons. The van der Waals surface area contributed by atoms with Crippen molar-refractivity contribution in [1.82, 2.24) is 0 Å². The molecule has 0 N–H and O–H groups in total. The topological polar surface area (TPSA) is 0 Å². The van der Waals surface area contributed by atoms with Gasteiger partial charge >= 0.3 is 0 Å². The molecule has 0 spiro atoms. The predicted molar refractivity (Wildman–Crippen MR) is 43.8 cm³/mol. The Kier molecular flexibility index (Phi) is 1.91. The molecular formula is C10H4F4. The molecule has 0 aromatic heterocycles. The van der Waals surface area contributed by atoms with Crippen LogP contribution < -0.4 is 0 Å². The van der Waals surface area contributed by atoms with E-state index in [-0.39, 0.29) is 10.8 Å². The van der Waals surface area contributed by atoms with Gasteiger partial charge in [0.15, 0.2) is 23.3 Å². The molecule has 0 aliphatic heterocycles. The zero-order chi connectivity index (χ0) is 10.3. The second-order valence-electron chi connectivity index (χ2n) is 2.88. The average molecular weight is 200 g/mol. The number of hydrogen-bond donors (Lipinski definition) is 0. The van der Waals surface area contributed by atoms with Crippen molar-refractivity contribution in [3.8, 4) is 0 Å². The van der Waals surface area contributed by atoms with Crippen molar-refractivity contribution in [2.45, 2.75) is 0 Å². The van der Waals surface area contributed by atoms with Crippen molar-refractivity contribution >= 4 is 10.8 Å². The molecule has 72 valence electrons. The van der Waals surface area contributed by atoms with E-state index < -0.39 is 23.3 Å². The molecule has 0 heterocycles. The van der Waals surface area contributed by atoms with E-state index in [9.17, 15) is 17.6 Å². The maximum absolute atomic E-state index is 12.7. The largest absolute Gasteiger partial charge is 0.204 e. The monoisotopic (exact) mass is 200 g/mol. The molecule has 0 nitrogen and oxygen atoms in total. The molecule has 0 aliphatic rings. The van der Waals surface area contributed by atoms with Gasteiger partial charge in [-0.15, -0.1) is 0 Å². The third-order valence-electron chi connectivity index (χ3n) is 1.92. The second-order valence-corrected chi connectivity index (χ2v) is 2.88. The number of halogens is 4. The molecule has 0 amide bonds. The third kappa shape index (κ3) is 1.32. The Balaban J connectivity index is 2.83. The molecule has 0 aliphatic carbocycles. The number of benzene rings is 2. The maximum Gasteiger partial charge on any atom is 0.159 e. The Hall–Kier alpha value is -1.58. The fourth-order valence-corrected chi connectivity index (χ4v) is 1.24. The molecule has 0 atom stereocenters. The number of hydrogen-bond acceptors (Lipinski definition) is 0. The lowest BCUT2D eigenvalue weighted by atomic mass is 10.1. The molecule has 0 saturated heterocycles. The molecule has 4 heteroatoms. The summed E-state index contributed by atoms with van der Waals surface area (Å²) in [5.74, 6) is -4.32. The minimum absolute atomic E-state index is 0.128. The molecule has 0 unspecified atom stereocenters. The molecule has 14 heavy (non-hydrogen) atoms. The fraction of sp³-hybridized carbons (Fsp3) is 0. The zero-order valence-corrected chi connectivity index (χ0v) is 6.82. The molecular weight excluding hydrogens is 196 g/mol. The van der Waals surface area contributed by atoms with E-state index in [1.807, 2.05) is 0 Å². The van der Waals surface area contributed by atoms with Gasteiger partial charge in [0.2, 0.25) is 0 Å². The standard InChI is InChI=1S/C10H4F4/c11-7-1-5-2-9(13)10(14)4-6(5)3-8(7)12/h1-4H. The highest BCUT2D eigenvalue weighted by molar-refractivity contribution is 5.82. The Morgan fingerprint density at radius 1 is 0.500 bits per heavy atom. The molecule has 2 aromatic carbocycles. The van der Waals surface area contributed by atoms with Crippen LogP contribution in [-0.4, -0.2) is 0 Å². The molecule has 0 fully saturated rings. The van der Waals surface area contributed by atoms with Gasteiger partial charge in [0.05, 0.1) is 0 Å². The quantitative estimate of drug-likeness (QED) is 0.572. The summed E-state index contributed by atoms with van der Waals surface area (Å²) in [6.45, 7) is 0.